The summed E-state index contributed by atoms with van der Waals surface area (Å²) in [7, 11) is 3.55. The minimum atomic E-state index is -0.0738. The van der Waals surface area contributed by atoms with Crippen LogP contribution in [0.4, 0.5) is 5.69 Å². The van der Waals surface area contributed by atoms with Crippen LogP contribution in [0.2, 0.25) is 5.02 Å². The molecule has 0 saturated heterocycles. The number of hydrogen-bond donors (Lipinski definition) is 1. The van der Waals surface area contributed by atoms with Crippen LogP contribution in [0.3, 0.4) is 0 Å². The highest BCUT2D eigenvalue weighted by molar-refractivity contribution is 6.31. The highest BCUT2D eigenvalue weighted by Crippen LogP contribution is 2.20. The molecule has 0 aliphatic rings. The molecule has 0 heterocycles. The Bertz CT molecular complexity index is 688. The number of methoxy groups -OCH3 is 1. The van der Waals surface area contributed by atoms with Crippen LogP contribution in [0.25, 0.3) is 0 Å². The maximum atomic E-state index is 12.1. The van der Waals surface area contributed by atoms with E-state index in [9.17, 15) is 4.79 Å². The fourth-order valence-corrected chi connectivity index (χ4v) is 2.44. The van der Waals surface area contributed by atoms with E-state index in [2.05, 4.69) is 5.32 Å². The molecule has 2 aromatic rings. The van der Waals surface area contributed by atoms with Gasteiger partial charge in [-0.15, -0.1) is 0 Å². The molecule has 2 rings (SSSR count). The van der Waals surface area contributed by atoms with Crippen molar-refractivity contribution in [1.29, 1.82) is 0 Å². The molecule has 0 spiro atoms. The van der Waals surface area contributed by atoms with Crippen molar-refractivity contribution in [3.8, 4) is 5.75 Å². The number of hydrogen-bond acceptors (Lipinski definition) is 3. The van der Waals surface area contributed by atoms with E-state index in [0.29, 0.717) is 23.8 Å². The number of rotatable bonds is 6. The molecule has 122 valence electrons. The summed E-state index contributed by atoms with van der Waals surface area (Å²) in [4.78, 5) is 14.1. The highest BCUT2D eigenvalue weighted by Gasteiger charge is 2.09. The van der Waals surface area contributed by atoms with Crippen molar-refractivity contribution in [1.82, 2.24) is 4.90 Å². The van der Waals surface area contributed by atoms with Crippen LogP contribution < -0.4 is 10.1 Å². The second-order valence-corrected chi connectivity index (χ2v) is 5.94. The number of carbonyl (C=O) groups is 1. The Morgan fingerprint density at radius 2 is 2.04 bits per heavy atom. The Labute approximate surface area is 142 Å². The van der Waals surface area contributed by atoms with Gasteiger partial charge >= 0.3 is 0 Å². The van der Waals surface area contributed by atoms with Gasteiger partial charge in [-0.2, -0.15) is 0 Å². The molecule has 2 aromatic carbocycles. The molecule has 0 saturated carbocycles. The second-order valence-electron chi connectivity index (χ2n) is 5.54. The van der Waals surface area contributed by atoms with Crippen molar-refractivity contribution in [2.75, 3.05) is 26.0 Å². The topological polar surface area (TPSA) is 41.6 Å². The van der Waals surface area contributed by atoms with E-state index in [1.54, 1.807) is 13.2 Å². The molecule has 23 heavy (non-hydrogen) atoms. The van der Waals surface area contributed by atoms with E-state index >= 15 is 0 Å². The van der Waals surface area contributed by atoms with Crippen molar-refractivity contribution in [2.45, 2.75) is 13.5 Å². The molecule has 0 radical (unpaired) electrons. The first kappa shape index (κ1) is 17.3. The number of anilines is 1. The van der Waals surface area contributed by atoms with E-state index in [1.807, 2.05) is 55.3 Å². The minimum absolute atomic E-state index is 0.0738. The summed E-state index contributed by atoms with van der Waals surface area (Å²) >= 11 is 6.07. The van der Waals surface area contributed by atoms with Crippen molar-refractivity contribution >= 4 is 23.2 Å². The summed E-state index contributed by atoms with van der Waals surface area (Å²) in [5.41, 5.74) is 2.79. The van der Waals surface area contributed by atoms with Gasteiger partial charge in [0.2, 0.25) is 5.91 Å². The summed E-state index contributed by atoms with van der Waals surface area (Å²) in [6, 6.07) is 13.3. The van der Waals surface area contributed by atoms with Crippen LogP contribution in [-0.2, 0) is 11.3 Å². The number of aryl methyl sites for hydroxylation is 1. The fourth-order valence-electron chi connectivity index (χ4n) is 2.25. The molecule has 5 heteroatoms. The molecule has 0 atom stereocenters. The Balaban J connectivity index is 1.90. The van der Waals surface area contributed by atoms with Gasteiger partial charge in [-0.3, -0.25) is 9.69 Å². The summed E-state index contributed by atoms with van der Waals surface area (Å²) < 4.78 is 5.21. The maximum Gasteiger partial charge on any atom is 0.238 e. The van der Waals surface area contributed by atoms with Gasteiger partial charge in [-0.25, -0.2) is 0 Å². The van der Waals surface area contributed by atoms with E-state index in [-0.39, 0.29) is 5.91 Å². The number of nitrogens with zero attached hydrogens (tertiary/aromatic N) is 1. The average molecular weight is 333 g/mol. The third-order valence-electron chi connectivity index (χ3n) is 3.46. The molecule has 0 aliphatic carbocycles. The van der Waals surface area contributed by atoms with Gasteiger partial charge < -0.3 is 10.1 Å². The first-order valence-corrected chi connectivity index (χ1v) is 7.73. The van der Waals surface area contributed by atoms with Gasteiger partial charge in [0.05, 0.1) is 13.7 Å². The Hall–Kier alpha value is -2.04. The van der Waals surface area contributed by atoms with Gasteiger partial charge in [0.25, 0.3) is 0 Å². The van der Waals surface area contributed by atoms with Gasteiger partial charge in [0, 0.05) is 17.3 Å². The van der Waals surface area contributed by atoms with Crippen molar-refractivity contribution in [2.24, 2.45) is 0 Å². The lowest BCUT2D eigenvalue weighted by atomic mass is 10.2. The molecular formula is C18H21ClN2O2. The normalized spacial score (nSPS) is 10.7. The third-order valence-corrected chi connectivity index (χ3v) is 3.86. The van der Waals surface area contributed by atoms with Gasteiger partial charge in [-0.1, -0.05) is 29.8 Å². The predicted molar refractivity (Wildman–Crippen MR) is 94.1 cm³/mol. The lowest BCUT2D eigenvalue weighted by molar-refractivity contribution is -0.117. The van der Waals surface area contributed by atoms with Crippen LogP contribution >= 0.6 is 11.6 Å². The summed E-state index contributed by atoms with van der Waals surface area (Å²) in [5, 5.41) is 3.51. The highest BCUT2D eigenvalue weighted by atomic mass is 35.5. The Morgan fingerprint density at radius 1 is 1.26 bits per heavy atom. The van der Waals surface area contributed by atoms with Crippen molar-refractivity contribution < 1.29 is 9.53 Å². The molecule has 0 aliphatic heterocycles. The summed E-state index contributed by atoms with van der Waals surface area (Å²) in [5.74, 6) is 0.741. The van der Waals surface area contributed by atoms with Crippen LogP contribution in [0.1, 0.15) is 11.1 Å². The predicted octanol–water partition coefficient (Wildman–Crippen LogP) is 3.73. The Kier molecular flexibility index (Phi) is 6.02. The number of nitrogens with one attached hydrogen (secondary N) is 1. The van der Waals surface area contributed by atoms with Crippen molar-refractivity contribution in [3.05, 3.63) is 58.6 Å². The van der Waals surface area contributed by atoms with Crippen LogP contribution in [-0.4, -0.2) is 31.5 Å². The molecule has 0 bridgehead atoms. The summed E-state index contributed by atoms with van der Waals surface area (Å²) in [6.07, 6.45) is 0. The number of amides is 1. The largest absolute Gasteiger partial charge is 0.497 e. The van der Waals surface area contributed by atoms with Crippen LogP contribution in [0, 0.1) is 6.92 Å². The molecule has 0 fully saturated rings. The van der Waals surface area contributed by atoms with E-state index in [4.69, 9.17) is 16.3 Å². The van der Waals surface area contributed by atoms with E-state index in [1.165, 1.54) is 0 Å². The lowest BCUT2D eigenvalue weighted by Crippen LogP contribution is -2.29. The third kappa shape index (κ3) is 5.27. The monoisotopic (exact) mass is 332 g/mol. The zero-order valence-corrected chi connectivity index (χ0v) is 14.4. The smallest absolute Gasteiger partial charge is 0.238 e. The van der Waals surface area contributed by atoms with E-state index < -0.39 is 0 Å². The van der Waals surface area contributed by atoms with Crippen LogP contribution in [0.15, 0.2) is 42.5 Å². The van der Waals surface area contributed by atoms with Gasteiger partial charge in [-0.05, 0) is 49.4 Å². The van der Waals surface area contributed by atoms with E-state index in [0.717, 1.165) is 16.9 Å². The number of ether oxygens (including phenoxy) is 1. The number of carbonyl (C=O) groups excluding carboxylic acids is 1. The second kappa shape index (κ2) is 7.99. The molecule has 0 unspecified atom stereocenters. The van der Waals surface area contributed by atoms with Gasteiger partial charge in [0.15, 0.2) is 0 Å². The molecule has 1 amide bonds. The zero-order valence-electron chi connectivity index (χ0n) is 13.6. The molecule has 1 N–H and O–H groups in total. The van der Waals surface area contributed by atoms with Crippen molar-refractivity contribution in [3.63, 3.8) is 0 Å². The van der Waals surface area contributed by atoms with Crippen LogP contribution in [0.5, 0.6) is 5.75 Å². The first-order chi connectivity index (χ1) is 11.0. The molecular weight excluding hydrogens is 312 g/mol. The molecule has 4 nitrogen and oxygen atoms in total. The number of halogens is 1. The standard InChI is InChI=1S/C18H21ClN2O2/c1-13-7-8-15(10-17(13)19)20-18(22)12-21(2)11-14-5-4-6-16(9-14)23-3/h4-10H,11-12H2,1-3H3,(H,20,22). The number of likely N-dealkylation sites (N-methyl/N-ethyl adjacent to an activating group) is 1. The van der Waals surface area contributed by atoms with Gasteiger partial charge in [0.1, 0.15) is 5.75 Å². The lowest BCUT2D eigenvalue weighted by Gasteiger charge is -2.17. The fraction of sp³-hybridized carbons (Fsp3) is 0.278. The first-order valence-electron chi connectivity index (χ1n) is 7.35. The molecule has 0 aromatic heterocycles. The quantitative estimate of drug-likeness (QED) is 0.876. The summed E-state index contributed by atoms with van der Waals surface area (Å²) in [6.45, 7) is 2.89. The minimum Gasteiger partial charge on any atom is -0.497 e. The Morgan fingerprint density at radius 3 is 2.74 bits per heavy atom. The SMILES string of the molecule is COc1cccc(CN(C)CC(=O)Nc2ccc(C)c(Cl)c2)c1. The maximum absolute atomic E-state index is 12.1. The zero-order chi connectivity index (χ0) is 16.8. The number of benzene rings is 2. The average Bonchev–Trinajstić information content (AvgIpc) is 2.51.